The molecule has 0 atom stereocenters. The number of hydrogen-bond donors (Lipinski definition) is 10. The normalized spacial score (nSPS) is 12.8. The fraction of sp³-hybridized carbons (Fsp3) is 0.387. The van der Waals surface area contributed by atoms with Gasteiger partial charge in [-0.25, -0.2) is 34.7 Å². The highest BCUT2D eigenvalue weighted by Gasteiger charge is 2.34. The van der Waals surface area contributed by atoms with E-state index in [1.807, 2.05) is 85.7 Å². The number of carbonyl (C=O) groups is 8. The van der Waals surface area contributed by atoms with E-state index in [1.54, 1.807) is 74.9 Å². The number of carbonyl (C=O) groups excluding carboxylic acids is 8. The molecule has 3 aliphatic carbocycles. The summed E-state index contributed by atoms with van der Waals surface area (Å²) in [4.78, 5) is 115. The van der Waals surface area contributed by atoms with Crippen molar-refractivity contribution in [2.75, 3.05) is 17.7 Å². The van der Waals surface area contributed by atoms with Gasteiger partial charge in [-0.15, -0.1) is 0 Å². The molecule has 0 bridgehead atoms. The van der Waals surface area contributed by atoms with E-state index in [-0.39, 0.29) is 70.0 Å². The quantitative estimate of drug-likeness (QED) is 0.0230. The van der Waals surface area contributed by atoms with Crippen LogP contribution in [0.15, 0.2) is 141 Å². The minimum absolute atomic E-state index is 0.00171. The third-order valence-corrected chi connectivity index (χ3v) is 19.4. The summed E-state index contributed by atoms with van der Waals surface area (Å²) in [7, 11) is -0.120. The number of pyridine rings is 6. The number of anilines is 2. The fourth-order valence-electron chi connectivity index (χ4n) is 9.76. The van der Waals surface area contributed by atoms with Crippen molar-refractivity contribution in [2.24, 2.45) is 23.5 Å². The molecule has 0 aliphatic heterocycles. The van der Waals surface area contributed by atoms with Crippen LogP contribution in [0.5, 0.6) is 0 Å². The zero-order valence-corrected chi connectivity index (χ0v) is 74.9. The summed E-state index contributed by atoms with van der Waals surface area (Å²) in [5.41, 5.74) is 7.10. The molecule has 604 valence electrons. The molecule has 0 radical (unpaired) electrons. The Balaban J connectivity index is 0.000000277. The number of methoxy groups -OCH3 is 1. The highest BCUT2D eigenvalue weighted by atomic mass is 79.9. The highest BCUT2D eigenvalue weighted by Crippen LogP contribution is 2.37. The second-order valence-electron chi connectivity index (χ2n) is 27.9. The van der Waals surface area contributed by atoms with E-state index in [0.29, 0.717) is 65.5 Å². The number of esters is 1. The molecule has 3 aliphatic rings. The third kappa shape index (κ3) is 33.7. The lowest BCUT2D eigenvalue weighted by Gasteiger charge is -2.27. The van der Waals surface area contributed by atoms with Gasteiger partial charge in [-0.2, -0.15) is 0 Å². The van der Waals surface area contributed by atoms with Gasteiger partial charge in [-0.3, -0.25) is 33.6 Å². The smallest absolute Gasteiger partial charge is 0.473 e. The number of rotatable bonds is 17. The zero-order valence-electron chi connectivity index (χ0n) is 63.9. The molecule has 112 heavy (non-hydrogen) atoms. The van der Waals surface area contributed by atoms with Crippen LogP contribution in [0.2, 0.25) is 20.6 Å². The van der Waals surface area contributed by atoms with Crippen molar-refractivity contribution in [1.29, 1.82) is 0 Å². The number of nitrogens with two attached hydrogens (primary N) is 1. The molecule has 37 heteroatoms. The number of hydrogen-bond acceptors (Lipinski definition) is 20. The van der Waals surface area contributed by atoms with Crippen LogP contribution in [0.25, 0.3) is 11.1 Å². The van der Waals surface area contributed by atoms with Crippen molar-refractivity contribution in [3.63, 3.8) is 0 Å². The third-order valence-electron chi connectivity index (χ3n) is 15.3. The molecular formula is C75H89BBr5Cl4N13O14. The molecule has 8 aromatic heterocycles. The molecule has 3 fully saturated rings. The highest BCUT2D eigenvalue weighted by molar-refractivity contribution is 9.11. The molecule has 11 N–H and O–H groups in total. The first kappa shape index (κ1) is 97.1. The van der Waals surface area contributed by atoms with E-state index < -0.39 is 40.8 Å². The Morgan fingerprint density at radius 1 is 0.455 bits per heavy atom. The van der Waals surface area contributed by atoms with Crippen molar-refractivity contribution >= 4 is 198 Å². The number of amides is 7. The van der Waals surface area contributed by atoms with E-state index in [9.17, 15) is 43.5 Å². The maximum Gasteiger partial charge on any atom is 0.491 e. The van der Waals surface area contributed by atoms with Crippen LogP contribution in [0.3, 0.4) is 0 Å². The Kier molecular flexibility index (Phi) is 38.1. The van der Waals surface area contributed by atoms with E-state index in [2.05, 4.69) is 151 Å². The number of halogens is 9. The summed E-state index contributed by atoms with van der Waals surface area (Å²) in [6.45, 7) is 24.2. The summed E-state index contributed by atoms with van der Waals surface area (Å²) >= 11 is 39.5. The van der Waals surface area contributed by atoms with Gasteiger partial charge in [0.15, 0.2) is 5.69 Å². The molecule has 8 aromatic rings. The lowest BCUT2D eigenvalue weighted by atomic mass is 9.83. The summed E-state index contributed by atoms with van der Waals surface area (Å²) in [6.07, 6.45) is 11.7. The number of ether oxygens (including phenoxy) is 1. The van der Waals surface area contributed by atoms with Crippen LogP contribution in [0.1, 0.15) is 174 Å². The van der Waals surface area contributed by atoms with Gasteiger partial charge in [0.2, 0.25) is 41.4 Å². The Morgan fingerprint density at radius 3 is 1.10 bits per heavy atom. The molecule has 11 rings (SSSR count). The van der Waals surface area contributed by atoms with Gasteiger partial charge in [-0.05, 0) is 272 Å². The van der Waals surface area contributed by atoms with Gasteiger partial charge in [0, 0.05) is 79.9 Å². The average molecular weight is 1950 g/mol. The first-order chi connectivity index (χ1) is 52.0. The van der Waals surface area contributed by atoms with Crippen LogP contribution < -0.4 is 43.1 Å². The molecule has 8 heterocycles. The summed E-state index contributed by atoms with van der Waals surface area (Å²) < 4.78 is 18.0. The topological polar surface area (TPSA) is 408 Å². The fourth-order valence-corrected chi connectivity index (χ4v) is 13.6. The minimum atomic E-state index is -1.41. The lowest BCUT2D eigenvalue weighted by molar-refractivity contribution is -0.121. The van der Waals surface area contributed by atoms with E-state index in [1.165, 1.54) is 53.4 Å². The second-order valence-corrected chi connectivity index (χ2v) is 33.7. The second kappa shape index (κ2) is 44.0. The molecule has 27 nitrogen and oxygen atoms in total. The van der Waals surface area contributed by atoms with Gasteiger partial charge in [0.05, 0.1) is 87.3 Å². The largest absolute Gasteiger partial charge is 0.491 e. The van der Waals surface area contributed by atoms with Crippen molar-refractivity contribution in [3.05, 3.63) is 187 Å². The number of primary amides is 1. The molecule has 0 aromatic carbocycles. The van der Waals surface area contributed by atoms with Gasteiger partial charge in [0.1, 0.15) is 37.8 Å². The van der Waals surface area contributed by atoms with E-state index in [4.69, 9.17) is 66.6 Å². The molecule has 3 saturated carbocycles. The molecule has 0 spiro atoms. The maximum atomic E-state index is 12.0. The van der Waals surface area contributed by atoms with Crippen LogP contribution in [0, 0.1) is 17.8 Å². The molecule has 0 unspecified atom stereocenters. The number of aliphatic hydroxyl groups is 1. The first-order valence-electron chi connectivity index (χ1n) is 34.2. The van der Waals surface area contributed by atoms with Gasteiger partial charge in [-0.1, -0.05) is 46.4 Å². The van der Waals surface area contributed by atoms with Crippen LogP contribution in [-0.4, -0.2) is 107 Å². The Hall–Kier alpha value is -7.28. The standard InChI is InChI=1S/C18H21N3O3.C14H18BrN3O2.2C10H12BrClN2O.C8H9BrClNO.C7H5BrClNO2.C4H5BO3.C4H7NO/c1-11(22)21-18(2,3)16-14(13-8-9-24-10-13)6-7-15(19-16)20-17(23)12-4-5-12;1-8(19)18-14(2,3)12-10(15)6-7-11(16-12)17-13(20)9-4-5-9;2*1-6(15)14-10(2,3)9-7(11)4-5-8(12)13-9;1-8(2,12)7-5(9)3-4-6(10)11-7;1-12-7(11)6-4(8)2-3-5(9)10-6;6-5(7)4-1-2-8-3-4;5-4(6)3-1-2-3/h6-10,12H,4-5H2,1-3H3,(H,21,22)(H,19,20,23);6-7,9H,4-5H2,1-3H3,(H,18,19)(H,16,17,20);2*4-5H,1-3H3,(H,14,15);3-4,12H,1-2H3;2-3H,1H3;1-3,6-7H;3H,1-2H2,(H2,5,6). The molecule has 0 saturated heterocycles. The monoisotopic (exact) mass is 1940 g/mol. The average Bonchev–Trinajstić information content (AvgIpc) is 1.03. The summed E-state index contributed by atoms with van der Waals surface area (Å²) in [6, 6.07) is 24.2. The van der Waals surface area contributed by atoms with Crippen molar-refractivity contribution in [2.45, 2.75) is 163 Å². The van der Waals surface area contributed by atoms with Gasteiger partial charge < -0.3 is 66.4 Å². The Labute approximate surface area is 712 Å². The predicted octanol–water partition coefficient (Wildman–Crippen LogP) is 15.2. The van der Waals surface area contributed by atoms with Crippen LogP contribution >= 0.6 is 126 Å². The molecule has 7 amide bonds. The number of nitrogens with zero attached hydrogens (tertiary/aromatic N) is 6. The lowest BCUT2D eigenvalue weighted by Crippen LogP contribution is -2.41. The minimum Gasteiger partial charge on any atom is -0.473 e. The number of aromatic nitrogens is 6. The number of nitrogens with one attached hydrogen (secondary N) is 6. The summed E-state index contributed by atoms with van der Waals surface area (Å²) in [5, 5.41) is 45.0. The Bertz CT molecular complexity index is 4490. The SMILES string of the molecule is CC(=O)NC(C)(C)c1nc(Cl)ccc1Br.CC(=O)NC(C)(C)c1nc(Cl)ccc1Br.CC(=O)NC(C)(C)c1nc(NC(=O)C2CC2)ccc1-c1ccoc1.CC(=O)NC(C)(C)c1nc(NC(=O)C2CC2)ccc1Br.CC(C)(O)c1nc(Cl)ccc1Br.COC(=O)c1nc(Cl)ccc1Br.NC(=O)C1CC1.OB(O)c1ccoc1. The van der Waals surface area contributed by atoms with Crippen molar-refractivity contribution in [1.82, 2.24) is 51.2 Å². The number of furan rings is 2. The zero-order chi connectivity index (χ0) is 84.6. The summed E-state index contributed by atoms with van der Waals surface area (Å²) in [5.74, 6) is 0.380. The van der Waals surface area contributed by atoms with Gasteiger partial charge >= 0.3 is 13.1 Å². The van der Waals surface area contributed by atoms with E-state index in [0.717, 1.165) is 67.5 Å². The Morgan fingerprint density at radius 2 is 0.786 bits per heavy atom. The van der Waals surface area contributed by atoms with Crippen LogP contribution in [0.4, 0.5) is 11.6 Å². The molecular weight excluding hydrogens is 1860 g/mol. The predicted molar refractivity (Wildman–Crippen MR) is 449 cm³/mol. The van der Waals surface area contributed by atoms with Crippen molar-refractivity contribution in [3.8, 4) is 11.1 Å². The van der Waals surface area contributed by atoms with Gasteiger partial charge in [0.25, 0.3) is 0 Å². The van der Waals surface area contributed by atoms with Crippen LogP contribution in [-0.2, 0) is 66.1 Å². The maximum absolute atomic E-state index is 12.0. The first-order valence-corrected chi connectivity index (χ1v) is 39.7. The van der Waals surface area contributed by atoms with Crippen molar-refractivity contribution < 1.29 is 67.1 Å². The van der Waals surface area contributed by atoms with E-state index >= 15 is 0 Å².